The van der Waals surface area contributed by atoms with Crippen LogP contribution in [0.4, 0.5) is 0 Å². The van der Waals surface area contributed by atoms with Gasteiger partial charge in [0.05, 0.1) is 0 Å². The Hall–Kier alpha value is -0.573. The van der Waals surface area contributed by atoms with Crippen LogP contribution < -0.4 is 0 Å². The van der Waals surface area contributed by atoms with Crippen molar-refractivity contribution in [3.05, 3.63) is 12.2 Å². The van der Waals surface area contributed by atoms with E-state index in [4.69, 9.17) is 0 Å². The van der Waals surface area contributed by atoms with Crippen molar-refractivity contribution in [2.75, 3.05) is 0 Å². The molecule has 0 heterocycles. The molecule has 0 spiro atoms. The zero-order valence-electron chi connectivity index (χ0n) is 6.09. The fourth-order valence-electron chi connectivity index (χ4n) is 0.537. The molecule has 0 saturated carbocycles. The third-order valence-corrected chi connectivity index (χ3v) is 1.26. The van der Waals surface area contributed by atoms with E-state index in [-0.39, 0.29) is 5.97 Å². The number of allylic oxidation sites excluding steroid dienone is 2. The molecule has 0 N–H and O–H groups in total. The third kappa shape index (κ3) is 5.56. The molecular formula is C7H11O2Si. The van der Waals surface area contributed by atoms with Crippen LogP contribution in [0.5, 0.6) is 0 Å². The standard InChI is InChI=1S/C7H11O2Si/c1-2-3-4-5-6-7(8)9-10/h3-4H,2,5-6H2,1H3. The molecular weight excluding hydrogens is 144 g/mol. The molecule has 0 fully saturated rings. The van der Waals surface area contributed by atoms with E-state index in [1.807, 2.05) is 12.2 Å². The highest BCUT2D eigenvalue weighted by Crippen LogP contribution is 1.93. The molecule has 0 amide bonds. The topological polar surface area (TPSA) is 26.3 Å². The SMILES string of the molecule is CCC=CCCC(=O)O[Si]. The first-order chi connectivity index (χ1) is 4.81. The number of hydrogen-bond acceptors (Lipinski definition) is 2. The van der Waals surface area contributed by atoms with Gasteiger partial charge in [-0.15, -0.1) is 0 Å². The number of hydrogen-bond donors (Lipinski definition) is 0. The maximum absolute atomic E-state index is 10.5. The van der Waals surface area contributed by atoms with Gasteiger partial charge in [-0.25, -0.2) is 0 Å². The molecule has 0 aromatic carbocycles. The van der Waals surface area contributed by atoms with Gasteiger partial charge in [-0.05, 0) is 12.8 Å². The van der Waals surface area contributed by atoms with Gasteiger partial charge in [-0.3, -0.25) is 4.79 Å². The van der Waals surface area contributed by atoms with E-state index in [1.165, 1.54) is 0 Å². The summed E-state index contributed by atoms with van der Waals surface area (Å²) in [7, 11) is 2.65. The highest BCUT2D eigenvalue weighted by Gasteiger charge is 1.94. The van der Waals surface area contributed by atoms with Gasteiger partial charge in [-0.1, -0.05) is 19.1 Å². The molecule has 0 aromatic rings. The largest absolute Gasteiger partial charge is 0.516 e. The van der Waals surface area contributed by atoms with Gasteiger partial charge in [0, 0.05) is 6.42 Å². The summed E-state index contributed by atoms with van der Waals surface area (Å²) in [6.07, 6.45) is 6.23. The summed E-state index contributed by atoms with van der Waals surface area (Å²) >= 11 is 0. The van der Waals surface area contributed by atoms with Crippen LogP contribution in [0.15, 0.2) is 12.2 Å². The lowest BCUT2D eigenvalue weighted by Gasteiger charge is -1.93. The highest BCUT2D eigenvalue weighted by molar-refractivity contribution is 6.05. The zero-order valence-corrected chi connectivity index (χ0v) is 7.09. The van der Waals surface area contributed by atoms with E-state index in [1.54, 1.807) is 0 Å². The molecule has 0 aliphatic carbocycles. The van der Waals surface area contributed by atoms with Gasteiger partial charge >= 0.3 is 10.5 Å². The number of carbonyl (C=O) groups is 1. The molecule has 0 atom stereocenters. The Morgan fingerprint density at radius 3 is 2.80 bits per heavy atom. The van der Waals surface area contributed by atoms with Crippen LogP contribution in [0, 0.1) is 0 Å². The molecule has 0 aliphatic rings. The minimum absolute atomic E-state index is 0.225. The van der Waals surface area contributed by atoms with Crippen LogP contribution in [0.2, 0.25) is 0 Å². The van der Waals surface area contributed by atoms with E-state index >= 15 is 0 Å². The molecule has 10 heavy (non-hydrogen) atoms. The predicted octanol–water partition coefficient (Wildman–Crippen LogP) is 1.36. The fraction of sp³-hybridized carbons (Fsp3) is 0.571. The Balaban J connectivity index is 3.19. The summed E-state index contributed by atoms with van der Waals surface area (Å²) in [6.45, 7) is 2.05. The lowest BCUT2D eigenvalue weighted by Crippen LogP contribution is -1.99. The fourth-order valence-corrected chi connectivity index (χ4v) is 0.639. The second-order valence-electron chi connectivity index (χ2n) is 1.89. The molecule has 0 bridgehead atoms. The van der Waals surface area contributed by atoms with Crippen molar-refractivity contribution in [1.82, 2.24) is 0 Å². The van der Waals surface area contributed by atoms with Crippen molar-refractivity contribution in [2.45, 2.75) is 26.2 Å². The maximum Gasteiger partial charge on any atom is 0.345 e. The van der Waals surface area contributed by atoms with E-state index in [2.05, 4.69) is 21.8 Å². The van der Waals surface area contributed by atoms with Crippen LogP contribution >= 0.6 is 0 Å². The molecule has 0 aliphatic heterocycles. The van der Waals surface area contributed by atoms with Crippen molar-refractivity contribution < 1.29 is 9.22 Å². The minimum atomic E-state index is -0.225. The predicted molar refractivity (Wildman–Crippen MR) is 40.5 cm³/mol. The molecule has 55 valence electrons. The summed E-state index contributed by atoms with van der Waals surface area (Å²) in [5, 5.41) is 0. The summed E-state index contributed by atoms with van der Waals surface area (Å²) in [6, 6.07) is 0. The van der Waals surface area contributed by atoms with Crippen molar-refractivity contribution in [2.24, 2.45) is 0 Å². The first-order valence-corrected chi connectivity index (χ1v) is 3.73. The molecule has 0 aromatic heterocycles. The van der Waals surface area contributed by atoms with Crippen LogP contribution in [0.25, 0.3) is 0 Å². The van der Waals surface area contributed by atoms with Gasteiger partial charge < -0.3 is 4.43 Å². The third-order valence-electron chi connectivity index (χ3n) is 1.03. The number of rotatable bonds is 4. The van der Waals surface area contributed by atoms with Gasteiger partial charge in [0.1, 0.15) is 0 Å². The van der Waals surface area contributed by atoms with Gasteiger partial charge in [0.15, 0.2) is 0 Å². The Kier molecular flexibility index (Phi) is 6.17. The maximum atomic E-state index is 10.5. The van der Waals surface area contributed by atoms with Crippen molar-refractivity contribution in [1.29, 1.82) is 0 Å². The van der Waals surface area contributed by atoms with Crippen LogP contribution in [0.1, 0.15) is 26.2 Å². The quantitative estimate of drug-likeness (QED) is 0.452. The number of carbonyl (C=O) groups excluding carboxylic acids is 1. The van der Waals surface area contributed by atoms with Crippen LogP contribution in [-0.2, 0) is 9.22 Å². The summed E-state index contributed by atoms with van der Waals surface area (Å²) in [5.41, 5.74) is 0. The van der Waals surface area contributed by atoms with Gasteiger partial charge in [-0.2, -0.15) is 0 Å². The zero-order chi connectivity index (χ0) is 7.82. The molecule has 0 unspecified atom stereocenters. The monoisotopic (exact) mass is 155 g/mol. The Morgan fingerprint density at radius 2 is 2.30 bits per heavy atom. The first kappa shape index (κ1) is 9.43. The molecule has 3 heteroatoms. The second kappa shape index (κ2) is 6.55. The summed E-state index contributed by atoms with van der Waals surface area (Å²) in [5.74, 6) is -0.225. The molecule has 2 nitrogen and oxygen atoms in total. The highest BCUT2D eigenvalue weighted by atomic mass is 28.2. The van der Waals surface area contributed by atoms with Crippen LogP contribution in [0.3, 0.4) is 0 Å². The lowest BCUT2D eigenvalue weighted by atomic mass is 10.3. The average molecular weight is 155 g/mol. The Bertz CT molecular complexity index is 121. The normalized spacial score (nSPS) is 10.2. The molecule has 3 radical (unpaired) electrons. The van der Waals surface area contributed by atoms with Crippen molar-refractivity contribution in [3.8, 4) is 0 Å². The minimum Gasteiger partial charge on any atom is -0.516 e. The summed E-state index contributed by atoms with van der Waals surface area (Å²) < 4.78 is 4.26. The first-order valence-electron chi connectivity index (χ1n) is 3.32. The second-order valence-corrected chi connectivity index (χ2v) is 2.10. The molecule has 0 rings (SSSR count). The van der Waals surface area contributed by atoms with Crippen molar-refractivity contribution >= 4 is 16.5 Å². The summed E-state index contributed by atoms with van der Waals surface area (Å²) in [4.78, 5) is 10.5. The lowest BCUT2D eigenvalue weighted by molar-refractivity contribution is -0.133. The van der Waals surface area contributed by atoms with Crippen LogP contribution in [-0.4, -0.2) is 16.5 Å². The smallest absolute Gasteiger partial charge is 0.345 e. The van der Waals surface area contributed by atoms with Gasteiger partial charge in [0.2, 0.25) is 0 Å². The van der Waals surface area contributed by atoms with Gasteiger partial charge in [0.25, 0.3) is 5.97 Å². The van der Waals surface area contributed by atoms with E-state index in [0.717, 1.165) is 12.8 Å². The van der Waals surface area contributed by atoms with E-state index in [0.29, 0.717) is 6.42 Å². The average Bonchev–Trinajstić information content (AvgIpc) is 1.98. The Labute approximate surface area is 64.8 Å². The van der Waals surface area contributed by atoms with Crippen molar-refractivity contribution in [3.63, 3.8) is 0 Å². The molecule has 0 saturated heterocycles. The van der Waals surface area contributed by atoms with E-state index < -0.39 is 0 Å². The Morgan fingerprint density at radius 1 is 1.60 bits per heavy atom. The van der Waals surface area contributed by atoms with E-state index in [9.17, 15) is 4.79 Å².